The maximum Gasteiger partial charge on any atom is 0.146 e. The minimum Gasteiger partial charge on any atom is -0.379 e. The lowest BCUT2D eigenvalue weighted by molar-refractivity contribution is 0.594. The van der Waals surface area contributed by atoms with Crippen LogP contribution in [0.4, 0.5) is 20.2 Å². The molecule has 0 radical (unpaired) electrons. The summed E-state index contributed by atoms with van der Waals surface area (Å²) in [6, 6.07) is 10.3. The van der Waals surface area contributed by atoms with Crippen molar-refractivity contribution in [1.82, 2.24) is 0 Å². The van der Waals surface area contributed by atoms with Crippen LogP contribution in [-0.2, 0) is 6.54 Å². The van der Waals surface area contributed by atoms with Crippen LogP contribution in [0.3, 0.4) is 0 Å². The van der Waals surface area contributed by atoms with Crippen LogP contribution < -0.4 is 10.2 Å². The van der Waals surface area contributed by atoms with Gasteiger partial charge in [-0.15, -0.1) is 0 Å². The molecule has 2 aromatic rings. The number of nitrogens with zero attached hydrogens (tertiary/aromatic N) is 1. The smallest absolute Gasteiger partial charge is 0.146 e. The lowest BCUT2D eigenvalue weighted by Gasteiger charge is -2.13. The minimum absolute atomic E-state index is 0.185. The van der Waals surface area contributed by atoms with Gasteiger partial charge in [0.25, 0.3) is 0 Å². The van der Waals surface area contributed by atoms with Crippen LogP contribution in [0.15, 0.2) is 36.4 Å². The molecule has 0 amide bonds. The Morgan fingerprint density at radius 3 is 2.25 bits per heavy atom. The second-order valence-corrected chi connectivity index (χ2v) is 5.00. The summed E-state index contributed by atoms with van der Waals surface area (Å²) >= 11 is 0. The zero-order valence-corrected chi connectivity index (χ0v) is 11.9. The van der Waals surface area contributed by atoms with Crippen molar-refractivity contribution in [2.24, 2.45) is 0 Å². The van der Waals surface area contributed by atoms with Crippen molar-refractivity contribution in [2.75, 3.05) is 24.3 Å². The van der Waals surface area contributed by atoms with Crippen LogP contribution in [0.1, 0.15) is 11.1 Å². The van der Waals surface area contributed by atoms with Gasteiger partial charge in [0.15, 0.2) is 0 Å². The first kappa shape index (κ1) is 14.3. The first-order chi connectivity index (χ1) is 9.47. The highest BCUT2D eigenvalue weighted by atomic mass is 19.1. The molecule has 0 spiro atoms. The van der Waals surface area contributed by atoms with Gasteiger partial charge in [-0.05, 0) is 36.2 Å². The zero-order valence-electron chi connectivity index (χ0n) is 11.9. The van der Waals surface area contributed by atoms with Crippen LogP contribution in [0, 0.1) is 18.6 Å². The molecule has 2 rings (SSSR count). The van der Waals surface area contributed by atoms with Crippen LogP contribution in [-0.4, -0.2) is 14.1 Å². The summed E-state index contributed by atoms with van der Waals surface area (Å²) in [7, 11) is 3.94. The van der Waals surface area contributed by atoms with Crippen molar-refractivity contribution in [3.05, 3.63) is 59.2 Å². The highest BCUT2D eigenvalue weighted by Crippen LogP contribution is 2.20. The van der Waals surface area contributed by atoms with Crippen LogP contribution in [0.5, 0.6) is 0 Å². The average Bonchev–Trinajstić information content (AvgIpc) is 2.42. The van der Waals surface area contributed by atoms with E-state index in [1.807, 2.05) is 43.3 Å². The third kappa shape index (κ3) is 3.26. The standard InChI is InChI=1S/C16H18F2N2/c1-11-8-15(18)16(9-14(11)17)19-10-12-4-6-13(7-5-12)20(2)3/h4-9,19H,10H2,1-3H3. The monoisotopic (exact) mass is 276 g/mol. The van der Waals surface area contributed by atoms with Crippen molar-refractivity contribution >= 4 is 11.4 Å². The Hall–Kier alpha value is -2.10. The Morgan fingerprint density at radius 2 is 1.65 bits per heavy atom. The van der Waals surface area contributed by atoms with Crippen molar-refractivity contribution < 1.29 is 8.78 Å². The maximum absolute atomic E-state index is 13.7. The number of benzene rings is 2. The first-order valence-electron chi connectivity index (χ1n) is 6.43. The Bertz CT molecular complexity index is 592. The number of aryl methyl sites for hydroxylation is 1. The normalized spacial score (nSPS) is 10.4. The molecule has 0 aromatic heterocycles. The molecule has 0 heterocycles. The fourth-order valence-corrected chi connectivity index (χ4v) is 1.89. The SMILES string of the molecule is Cc1cc(F)c(NCc2ccc(N(C)C)cc2)cc1F. The van der Waals surface area contributed by atoms with Gasteiger partial charge in [0.1, 0.15) is 11.6 Å². The van der Waals surface area contributed by atoms with Gasteiger partial charge in [0.2, 0.25) is 0 Å². The topological polar surface area (TPSA) is 15.3 Å². The first-order valence-corrected chi connectivity index (χ1v) is 6.43. The van der Waals surface area contributed by atoms with Crippen molar-refractivity contribution in [3.8, 4) is 0 Å². The minimum atomic E-state index is -0.436. The molecule has 0 fully saturated rings. The second-order valence-electron chi connectivity index (χ2n) is 5.00. The van der Waals surface area contributed by atoms with Gasteiger partial charge < -0.3 is 10.2 Å². The van der Waals surface area contributed by atoms with Gasteiger partial charge in [0, 0.05) is 32.4 Å². The Balaban J connectivity index is 2.07. The Kier molecular flexibility index (Phi) is 4.23. The molecule has 0 unspecified atom stereocenters. The summed E-state index contributed by atoms with van der Waals surface area (Å²) in [4.78, 5) is 2.01. The number of anilines is 2. The highest BCUT2D eigenvalue weighted by molar-refractivity contribution is 5.49. The quantitative estimate of drug-likeness (QED) is 0.909. The second kappa shape index (κ2) is 5.90. The van der Waals surface area contributed by atoms with E-state index in [9.17, 15) is 8.78 Å². The van der Waals surface area contributed by atoms with Gasteiger partial charge >= 0.3 is 0 Å². The molecular weight excluding hydrogens is 258 g/mol. The number of hydrogen-bond acceptors (Lipinski definition) is 2. The van der Waals surface area contributed by atoms with E-state index in [4.69, 9.17) is 0 Å². The fraction of sp³-hybridized carbons (Fsp3) is 0.250. The lowest BCUT2D eigenvalue weighted by Crippen LogP contribution is -2.08. The molecule has 0 saturated heterocycles. The van der Waals surface area contributed by atoms with E-state index in [-0.39, 0.29) is 5.69 Å². The molecule has 0 aliphatic rings. The highest BCUT2D eigenvalue weighted by Gasteiger charge is 2.07. The van der Waals surface area contributed by atoms with E-state index in [0.29, 0.717) is 12.1 Å². The molecule has 0 bridgehead atoms. The molecule has 1 N–H and O–H groups in total. The van der Waals surface area contributed by atoms with Crippen LogP contribution in [0.2, 0.25) is 0 Å². The van der Waals surface area contributed by atoms with Gasteiger partial charge in [-0.2, -0.15) is 0 Å². The number of halogens is 2. The fourth-order valence-electron chi connectivity index (χ4n) is 1.89. The average molecular weight is 276 g/mol. The summed E-state index contributed by atoms with van der Waals surface area (Å²) in [5, 5.41) is 2.92. The molecule has 0 aliphatic carbocycles. The van der Waals surface area contributed by atoms with Gasteiger partial charge in [0.05, 0.1) is 5.69 Å². The van der Waals surface area contributed by atoms with Crippen molar-refractivity contribution in [3.63, 3.8) is 0 Å². The molecule has 0 aliphatic heterocycles. The summed E-state index contributed by atoms with van der Waals surface area (Å²) in [5.74, 6) is -0.842. The molecule has 2 aromatic carbocycles. The summed E-state index contributed by atoms with van der Waals surface area (Å²) in [6.07, 6.45) is 0. The summed E-state index contributed by atoms with van der Waals surface area (Å²) < 4.78 is 27.1. The molecular formula is C16H18F2N2. The van der Waals surface area contributed by atoms with Crippen molar-refractivity contribution in [1.29, 1.82) is 0 Å². The maximum atomic E-state index is 13.7. The lowest BCUT2D eigenvalue weighted by atomic mass is 10.1. The number of rotatable bonds is 4. The molecule has 20 heavy (non-hydrogen) atoms. The Morgan fingerprint density at radius 1 is 1.00 bits per heavy atom. The summed E-state index contributed by atoms with van der Waals surface area (Å²) in [6.45, 7) is 2.00. The van der Waals surface area contributed by atoms with Gasteiger partial charge in [-0.3, -0.25) is 0 Å². The number of nitrogens with one attached hydrogen (secondary N) is 1. The van der Waals surface area contributed by atoms with Crippen LogP contribution >= 0.6 is 0 Å². The van der Waals surface area contributed by atoms with Gasteiger partial charge in [-0.1, -0.05) is 12.1 Å². The van der Waals surface area contributed by atoms with E-state index in [1.165, 1.54) is 12.1 Å². The summed E-state index contributed by atoms with van der Waals surface area (Å²) in [5.41, 5.74) is 2.60. The predicted molar refractivity (Wildman–Crippen MR) is 79.2 cm³/mol. The Labute approximate surface area is 118 Å². The van der Waals surface area contributed by atoms with E-state index in [0.717, 1.165) is 11.3 Å². The molecule has 106 valence electrons. The molecule has 2 nitrogen and oxygen atoms in total. The third-order valence-electron chi connectivity index (χ3n) is 3.18. The van der Waals surface area contributed by atoms with E-state index >= 15 is 0 Å². The van der Waals surface area contributed by atoms with Crippen molar-refractivity contribution in [2.45, 2.75) is 13.5 Å². The van der Waals surface area contributed by atoms with E-state index in [2.05, 4.69) is 5.32 Å². The molecule has 0 atom stereocenters. The molecule has 4 heteroatoms. The molecule has 0 saturated carbocycles. The predicted octanol–water partition coefficient (Wildman–Crippen LogP) is 3.95. The van der Waals surface area contributed by atoms with E-state index < -0.39 is 11.6 Å². The largest absolute Gasteiger partial charge is 0.379 e. The number of hydrogen-bond donors (Lipinski definition) is 1. The van der Waals surface area contributed by atoms with Gasteiger partial charge in [-0.25, -0.2) is 8.78 Å². The zero-order chi connectivity index (χ0) is 14.7. The van der Waals surface area contributed by atoms with E-state index in [1.54, 1.807) is 6.92 Å². The van der Waals surface area contributed by atoms with Crippen LogP contribution in [0.25, 0.3) is 0 Å². The third-order valence-corrected chi connectivity index (χ3v) is 3.18.